The molecule has 17 heavy (non-hydrogen) atoms. The second kappa shape index (κ2) is 5.03. The predicted molar refractivity (Wildman–Crippen MR) is 69.6 cm³/mol. The highest BCUT2D eigenvalue weighted by molar-refractivity contribution is 5.49. The molecule has 0 saturated carbocycles. The van der Waals surface area contributed by atoms with Gasteiger partial charge in [0, 0.05) is 6.42 Å². The van der Waals surface area contributed by atoms with Gasteiger partial charge in [0.25, 0.3) is 0 Å². The molecule has 92 valence electrons. The van der Waals surface area contributed by atoms with E-state index in [0.717, 1.165) is 6.42 Å². The van der Waals surface area contributed by atoms with Crippen LogP contribution in [0.3, 0.4) is 0 Å². The normalized spacial score (nSPS) is 28.4. The Labute approximate surface area is 103 Å². The first-order valence-electron chi connectivity index (χ1n) is 6.14. The first-order chi connectivity index (χ1) is 8.05. The molecule has 2 nitrogen and oxygen atoms in total. The van der Waals surface area contributed by atoms with E-state index in [1.54, 1.807) is 0 Å². The molecule has 0 N–H and O–H groups in total. The maximum absolute atomic E-state index is 5.86. The molecule has 1 heterocycles. The van der Waals surface area contributed by atoms with Crippen molar-refractivity contribution in [2.45, 2.75) is 45.2 Å². The van der Waals surface area contributed by atoms with E-state index in [2.05, 4.69) is 31.2 Å². The highest BCUT2D eigenvalue weighted by Crippen LogP contribution is 2.27. The fourth-order valence-corrected chi connectivity index (χ4v) is 2.20. The zero-order chi connectivity index (χ0) is 12.3. The lowest BCUT2D eigenvalue weighted by molar-refractivity contribution is -0.286. The van der Waals surface area contributed by atoms with Gasteiger partial charge in [-0.2, -0.15) is 0 Å². The number of rotatable bonds is 2. The number of benzene rings is 1. The first-order valence-corrected chi connectivity index (χ1v) is 6.14. The zero-order valence-electron chi connectivity index (χ0n) is 10.7. The van der Waals surface area contributed by atoms with Crippen molar-refractivity contribution in [2.24, 2.45) is 0 Å². The van der Waals surface area contributed by atoms with Crippen molar-refractivity contribution in [2.75, 3.05) is 0 Å². The van der Waals surface area contributed by atoms with Crippen molar-refractivity contribution in [3.63, 3.8) is 0 Å². The van der Waals surface area contributed by atoms with Crippen molar-refractivity contribution >= 4 is 6.08 Å². The molecule has 1 aliphatic heterocycles. The molecule has 0 unspecified atom stereocenters. The van der Waals surface area contributed by atoms with Crippen LogP contribution in [0.25, 0.3) is 6.08 Å². The second-order valence-electron chi connectivity index (χ2n) is 4.99. The van der Waals surface area contributed by atoms with Crippen LogP contribution in [0, 0.1) is 0 Å². The summed E-state index contributed by atoms with van der Waals surface area (Å²) in [5.41, 5.74) is 1.20. The summed E-state index contributed by atoms with van der Waals surface area (Å²) in [6, 6.07) is 10.3. The molecule has 0 radical (unpaired) electrons. The van der Waals surface area contributed by atoms with Crippen LogP contribution >= 0.6 is 0 Å². The van der Waals surface area contributed by atoms with Crippen LogP contribution < -0.4 is 0 Å². The molecule has 2 heteroatoms. The summed E-state index contributed by atoms with van der Waals surface area (Å²) in [5, 5.41) is 0. The van der Waals surface area contributed by atoms with Crippen molar-refractivity contribution in [3.05, 3.63) is 42.0 Å². The van der Waals surface area contributed by atoms with Gasteiger partial charge in [-0.05, 0) is 26.3 Å². The summed E-state index contributed by atoms with van der Waals surface area (Å²) < 4.78 is 11.6. The summed E-state index contributed by atoms with van der Waals surface area (Å²) in [5.74, 6) is -0.483. The van der Waals surface area contributed by atoms with Gasteiger partial charge in [-0.15, -0.1) is 0 Å². The maximum Gasteiger partial charge on any atom is 0.163 e. The van der Waals surface area contributed by atoms with Crippen molar-refractivity contribution in [1.29, 1.82) is 0 Å². The Morgan fingerprint density at radius 3 is 2.53 bits per heavy atom. The van der Waals surface area contributed by atoms with Crippen LogP contribution in [0.15, 0.2) is 36.4 Å². The van der Waals surface area contributed by atoms with Gasteiger partial charge in [0.2, 0.25) is 0 Å². The second-order valence-corrected chi connectivity index (χ2v) is 4.99. The van der Waals surface area contributed by atoms with E-state index in [4.69, 9.17) is 9.47 Å². The molecule has 0 aliphatic carbocycles. The smallest absolute Gasteiger partial charge is 0.163 e. The van der Waals surface area contributed by atoms with E-state index in [1.807, 2.05) is 32.0 Å². The van der Waals surface area contributed by atoms with Crippen LogP contribution in [0.1, 0.15) is 32.8 Å². The number of hydrogen-bond acceptors (Lipinski definition) is 2. The average molecular weight is 232 g/mol. The lowest BCUT2D eigenvalue weighted by atomic mass is 10.1. The largest absolute Gasteiger partial charge is 0.347 e. The Balaban J connectivity index is 2.01. The van der Waals surface area contributed by atoms with Crippen LogP contribution in [-0.4, -0.2) is 18.0 Å². The van der Waals surface area contributed by atoms with E-state index >= 15 is 0 Å². The quantitative estimate of drug-likeness (QED) is 0.775. The van der Waals surface area contributed by atoms with Gasteiger partial charge in [-0.1, -0.05) is 42.5 Å². The Hall–Kier alpha value is -1.12. The minimum absolute atomic E-state index is 0.133. The molecule has 0 aromatic heterocycles. The number of hydrogen-bond donors (Lipinski definition) is 0. The third kappa shape index (κ3) is 3.69. The summed E-state index contributed by atoms with van der Waals surface area (Å²) in [6.45, 7) is 6.02. The Bertz CT molecular complexity index is 381. The molecule has 0 amide bonds. The average Bonchev–Trinajstić information content (AvgIpc) is 2.25. The molecule has 1 aliphatic rings. The molecule has 0 spiro atoms. The highest BCUT2D eigenvalue weighted by atomic mass is 16.7. The van der Waals surface area contributed by atoms with Gasteiger partial charge in [-0.3, -0.25) is 0 Å². The Morgan fingerprint density at radius 2 is 1.88 bits per heavy atom. The number of ether oxygens (including phenoxy) is 2. The van der Waals surface area contributed by atoms with E-state index in [-0.39, 0.29) is 12.2 Å². The highest BCUT2D eigenvalue weighted by Gasteiger charge is 2.31. The Kier molecular flexibility index (Phi) is 3.65. The molecule has 1 saturated heterocycles. The summed E-state index contributed by atoms with van der Waals surface area (Å²) in [7, 11) is 0. The van der Waals surface area contributed by atoms with Gasteiger partial charge in [-0.25, -0.2) is 0 Å². The van der Waals surface area contributed by atoms with Gasteiger partial charge < -0.3 is 9.47 Å². The van der Waals surface area contributed by atoms with Crippen molar-refractivity contribution in [1.82, 2.24) is 0 Å². The molecule has 2 atom stereocenters. The van der Waals surface area contributed by atoms with Crippen molar-refractivity contribution < 1.29 is 9.47 Å². The molecule has 1 fully saturated rings. The molecule has 1 aromatic carbocycles. The standard InChI is InChI=1S/C15H20O2/c1-12-11-14(17-15(2,3)16-12)10-9-13-7-5-4-6-8-13/h4-10,12,14H,11H2,1-3H3/b10-9+/t12-,14+/m1/s1. The monoisotopic (exact) mass is 232 g/mol. The van der Waals surface area contributed by atoms with Crippen LogP contribution in [0.2, 0.25) is 0 Å². The van der Waals surface area contributed by atoms with Crippen LogP contribution in [0.4, 0.5) is 0 Å². The molecule has 0 bridgehead atoms. The molecular formula is C15H20O2. The Morgan fingerprint density at radius 1 is 1.18 bits per heavy atom. The lowest BCUT2D eigenvalue weighted by Crippen LogP contribution is -2.42. The van der Waals surface area contributed by atoms with E-state index < -0.39 is 5.79 Å². The fraction of sp³-hybridized carbons (Fsp3) is 0.467. The molecule has 1 aromatic rings. The molecule has 2 rings (SSSR count). The zero-order valence-corrected chi connectivity index (χ0v) is 10.7. The van der Waals surface area contributed by atoms with E-state index in [0.29, 0.717) is 0 Å². The summed E-state index contributed by atoms with van der Waals surface area (Å²) in [6.07, 6.45) is 5.51. The minimum Gasteiger partial charge on any atom is -0.347 e. The van der Waals surface area contributed by atoms with Gasteiger partial charge in [0.15, 0.2) is 5.79 Å². The van der Waals surface area contributed by atoms with Gasteiger partial charge in [0.1, 0.15) is 0 Å². The van der Waals surface area contributed by atoms with Crippen LogP contribution in [0.5, 0.6) is 0 Å². The fourth-order valence-electron chi connectivity index (χ4n) is 2.20. The first kappa shape index (κ1) is 12.3. The lowest BCUT2D eigenvalue weighted by Gasteiger charge is -2.38. The van der Waals surface area contributed by atoms with Gasteiger partial charge in [0.05, 0.1) is 12.2 Å². The molecular weight excluding hydrogens is 212 g/mol. The predicted octanol–water partition coefficient (Wildman–Crippen LogP) is 3.63. The third-order valence-corrected chi connectivity index (χ3v) is 2.79. The third-order valence-electron chi connectivity index (χ3n) is 2.79. The summed E-state index contributed by atoms with van der Waals surface area (Å²) in [4.78, 5) is 0. The summed E-state index contributed by atoms with van der Waals surface area (Å²) >= 11 is 0. The van der Waals surface area contributed by atoms with Crippen molar-refractivity contribution in [3.8, 4) is 0 Å². The minimum atomic E-state index is -0.483. The SMILES string of the molecule is C[C@@H]1C[C@H](/C=C/c2ccccc2)OC(C)(C)O1. The van der Waals surface area contributed by atoms with Crippen LogP contribution in [-0.2, 0) is 9.47 Å². The topological polar surface area (TPSA) is 18.5 Å². The van der Waals surface area contributed by atoms with E-state index in [9.17, 15) is 0 Å². The maximum atomic E-state index is 5.86. The van der Waals surface area contributed by atoms with Gasteiger partial charge >= 0.3 is 0 Å². The van der Waals surface area contributed by atoms with E-state index in [1.165, 1.54) is 5.56 Å².